The van der Waals surface area contributed by atoms with E-state index in [9.17, 15) is 4.79 Å². The zero-order valence-electron chi connectivity index (χ0n) is 10.9. The van der Waals surface area contributed by atoms with Crippen LogP contribution < -0.4 is 15.8 Å². The summed E-state index contributed by atoms with van der Waals surface area (Å²) in [6.45, 7) is 3.10. The van der Waals surface area contributed by atoms with Crippen LogP contribution in [-0.2, 0) is 0 Å². The van der Waals surface area contributed by atoms with Crippen molar-refractivity contribution in [2.24, 2.45) is 5.92 Å². The average Bonchev–Trinajstić information content (AvgIpc) is 3.25. The second-order valence-electron chi connectivity index (χ2n) is 5.47. The molecule has 1 saturated carbocycles. The molecule has 0 aromatic carbocycles. The molecular formula is C13H19ClN4O. The van der Waals surface area contributed by atoms with Crippen molar-refractivity contribution in [1.82, 2.24) is 15.3 Å². The number of rotatable bonds is 4. The number of anilines is 1. The predicted octanol–water partition coefficient (Wildman–Crippen LogP) is 1.39. The first kappa shape index (κ1) is 12.9. The minimum Gasteiger partial charge on any atom is -0.352 e. The maximum absolute atomic E-state index is 11.6. The maximum Gasteiger partial charge on any atom is 0.271 e. The van der Waals surface area contributed by atoms with Crippen molar-refractivity contribution in [3.63, 3.8) is 0 Å². The normalized spacial score (nSPS) is 23.3. The summed E-state index contributed by atoms with van der Waals surface area (Å²) in [6.07, 6.45) is 6.24. The van der Waals surface area contributed by atoms with E-state index in [1.165, 1.54) is 32.0 Å². The molecule has 0 bridgehead atoms. The fourth-order valence-corrected chi connectivity index (χ4v) is 2.94. The number of hydrogen-bond donors (Lipinski definition) is 2. The molecule has 2 heterocycles. The van der Waals surface area contributed by atoms with Crippen LogP contribution in [0.3, 0.4) is 0 Å². The van der Waals surface area contributed by atoms with Crippen LogP contribution >= 0.6 is 11.6 Å². The average molecular weight is 283 g/mol. The first-order valence-electron chi connectivity index (χ1n) is 6.96. The number of aromatic nitrogens is 2. The van der Waals surface area contributed by atoms with E-state index in [1.54, 1.807) is 0 Å². The number of piperidine rings is 1. The minimum atomic E-state index is -0.251. The van der Waals surface area contributed by atoms with Crippen LogP contribution in [0.1, 0.15) is 25.7 Å². The van der Waals surface area contributed by atoms with Crippen molar-refractivity contribution in [2.45, 2.75) is 31.7 Å². The Morgan fingerprint density at radius 3 is 2.95 bits per heavy atom. The summed E-state index contributed by atoms with van der Waals surface area (Å²) in [6, 6.07) is 0.508. The molecule has 6 heteroatoms. The van der Waals surface area contributed by atoms with Gasteiger partial charge in [-0.1, -0.05) is 11.6 Å². The van der Waals surface area contributed by atoms with Crippen LogP contribution in [0.5, 0.6) is 0 Å². The first-order chi connectivity index (χ1) is 9.25. The summed E-state index contributed by atoms with van der Waals surface area (Å²) < 4.78 is 0. The van der Waals surface area contributed by atoms with Crippen LogP contribution in [0, 0.1) is 5.92 Å². The standard InChI is InChI=1S/C13H19ClN4O/c14-11-12(16-8-17-13(11)19)18(10-3-4-10)7-9-2-1-5-15-6-9/h8-10,15H,1-7H2,(H,16,17,19). The fraction of sp³-hybridized carbons (Fsp3) is 0.692. The topological polar surface area (TPSA) is 61.0 Å². The molecule has 2 N–H and O–H groups in total. The van der Waals surface area contributed by atoms with Crippen molar-refractivity contribution < 1.29 is 0 Å². The predicted molar refractivity (Wildman–Crippen MR) is 75.8 cm³/mol. The lowest BCUT2D eigenvalue weighted by Gasteiger charge is -2.31. The molecule has 104 valence electrons. The Bertz CT molecular complexity index is 494. The molecule has 2 aliphatic rings. The largest absolute Gasteiger partial charge is 0.352 e. The lowest BCUT2D eigenvalue weighted by molar-refractivity contribution is 0.375. The third-order valence-electron chi connectivity index (χ3n) is 3.89. The second-order valence-corrected chi connectivity index (χ2v) is 5.84. The zero-order valence-corrected chi connectivity index (χ0v) is 11.6. The second kappa shape index (κ2) is 5.51. The Morgan fingerprint density at radius 2 is 2.26 bits per heavy atom. The summed E-state index contributed by atoms with van der Waals surface area (Å²) in [7, 11) is 0. The maximum atomic E-state index is 11.6. The van der Waals surface area contributed by atoms with Gasteiger partial charge in [-0.05, 0) is 44.7 Å². The number of nitrogens with zero attached hydrogens (tertiary/aromatic N) is 2. The van der Waals surface area contributed by atoms with Crippen LogP contribution in [0.25, 0.3) is 0 Å². The number of halogens is 1. The third-order valence-corrected chi connectivity index (χ3v) is 4.23. The summed E-state index contributed by atoms with van der Waals surface area (Å²) in [5.74, 6) is 1.27. The SMILES string of the molecule is O=c1[nH]cnc(N(CC2CCCNC2)C2CC2)c1Cl. The number of H-pyrrole nitrogens is 1. The van der Waals surface area contributed by atoms with E-state index in [-0.39, 0.29) is 10.6 Å². The van der Waals surface area contributed by atoms with Crippen molar-refractivity contribution in [2.75, 3.05) is 24.5 Å². The molecule has 0 radical (unpaired) electrons. The van der Waals surface area contributed by atoms with Gasteiger partial charge in [0.05, 0.1) is 6.33 Å². The molecule has 19 heavy (non-hydrogen) atoms. The lowest BCUT2D eigenvalue weighted by Crippen LogP contribution is -2.40. The van der Waals surface area contributed by atoms with Crippen LogP contribution in [0.4, 0.5) is 5.82 Å². The number of hydrogen-bond acceptors (Lipinski definition) is 4. The van der Waals surface area contributed by atoms with E-state index >= 15 is 0 Å². The van der Waals surface area contributed by atoms with Gasteiger partial charge in [0.1, 0.15) is 5.02 Å². The number of aromatic amines is 1. The summed E-state index contributed by atoms with van der Waals surface area (Å²) in [5, 5.41) is 3.65. The van der Waals surface area contributed by atoms with Gasteiger partial charge < -0.3 is 15.2 Å². The van der Waals surface area contributed by atoms with E-state index in [0.717, 1.165) is 19.6 Å². The van der Waals surface area contributed by atoms with E-state index in [4.69, 9.17) is 11.6 Å². The van der Waals surface area contributed by atoms with E-state index in [0.29, 0.717) is 17.8 Å². The highest BCUT2D eigenvalue weighted by molar-refractivity contribution is 6.32. The highest BCUT2D eigenvalue weighted by Gasteiger charge is 2.33. The summed E-state index contributed by atoms with van der Waals surface area (Å²) in [4.78, 5) is 20.6. The van der Waals surface area contributed by atoms with Gasteiger partial charge in [-0.3, -0.25) is 4.79 Å². The fourth-order valence-electron chi connectivity index (χ4n) is 2.73. The van der Waals surface area contributed by atoms with Crippen LogP contribution in [0.2, 0.25) is 5.02 Å². The van der Waals surface area contributed by atoms with Gasteiger partial charge in [-0.15, -0.1) is 0 Å². The van der Waals surface area contributed by atoms with Gasteiger partial charge >= 0.3 is 0 Å². The molecule has 1 saturated heterocycles. The summed E-state index contributed by atoms with van der Waals surface area (Å²) >= 11 is 6.11. The molecule has 5 nitrogen and oxygen atoms in total. The Balaban J connectivity index is 1.80. The van der Waals surface area contributed by atoms with Gasteiger partial charge in [-0.25, -0.2) is 4.98 Å². The summed E-state index contributed by atoms with van der Waals surface area (Å²) in [5.41, 5.74) is -0.251. The van der Waals surface area contributed by atoms with Crippen molar-refractivity contribution in [1.29, 1.82) is 0 Å². The van der Waals surface area contributed by atoms with Crippen molar-refractivity contribution in [3.05, 3.63) is 21.7 Å². The molecule has 1 aromatic heterocycles. The zero-order chi connectivity index (χ0) is 13.2. The molecule has 1 aliphatic heterocycles. The van der Waals surface area contributed by atoms with Crippen LogP contribution in [-0.4, -0.2) is 35.6 Å². The Kier molecular flexibility index (Phi) is 3.75. The Hall–Kier alpha value is -1.07. The van der Waals surface area contributed by atoms with Crippen molar-refractivity contribution >= 4 is 17.4 Å². The molecular weight excluding hydrogens is 264 g/mol. The minimum absolute atomic E-state index is 0.221. The van der Waals surface area contributed by atoms with Gasteiger partial charge in [0, 0.05) is 12.6 Å². The highest BCUT2D eigenvalue weighted by Crippen LogP contribution is 2.34. The molecule has 1 atom stereocenters. The molecule has 2 fully saturated rings. The molecule has 0 spiro atoms. The van der Waals surface area contributed by atoms with Crippen LogP contribution in [0.15, 0.2) is 11.1 Å². The third kappa shape index (κ3) is 2.92. The van der Waals surface area contributed by atoms with Gasteiger partial charge in [0.15, 0.2) is 5.82 Å². The lowest BCUT2D eigenvalue weighted by atomic mass is 9.99. The Labute approximate surface area is 117 Å². The van der Waals surface area contributed by atoms with E-state index in [2.05, 4.69) is 20.2 Å². The van der Waals surface area contributed by atoms with E-state index < -0.39 is 0 Å². The smallest absolute Gasteiger partial charge is 0.271 e. The molecule has 3 rings (SSSR count). The monoisotopic (exact) mass is 282 g/mol. The number of nitrogens with one attached hydrogen (secondary N) is 2. The molecule has 1 aliphatic carbocycles. The van der Waals surface area contributed by atoms with E-state index in [1.807, 2.05) is 0 Å². The molecule has 0 amide bonds. The highest BCUT2D eigenvalue weighted by atomic mass is 35.5. The first-order valence-corrected chi connectivity index (χ1v) is 7.34. The quantitative estimate of drug-likeness (QED) is 0.876. The molecule has 1 aromatic rings. The van der Waals surface area contributed by atoms with Gasteiger partial charge in [0.25, 0.3) is 5.56 Å². The van der Waals surface area contributed by atoms with Crippen molar-refractivity contribution in [3.8, 4) is 0 Å². The molecule has 1 unspecified atom stereocenters. The Morgan fingerprint density at radius 1 is 1.42 bits per heavy atom. The van der Waals surface area contributed by atoms with Gasteiger partial charge in [0.2, 0.25) is 0 Å². The van der Waals surface area contributed by atoms with Gasteiger partial charge in [-0.2, -0.15) is 0 Å².